The Bertz CT molecular complexity index is 1070. The molecule has 174 valence electrons. The molecule has 2 heterocycles. The molecule has 1 amide bonds. The summed E-state index contributed by atoms with van der Waals surface area (Å²) in [7, 11) is 0. The van der Waals surface area contributed by atoms with Gasteiger partial charge in [-0.3, -0.25) is 14.9 Å². The van der Waals surface area contributed by atoms with Gasteiger partial charge >= 0.3 is 5.97 Å². The van der Waals surface area contributed by atoms with E-state index >= 15 is 0 Å². The van der Waals surface area contributed by atoms with Gasteiger partial charge in [0, 0.05) is 25.7 Å². The molecule has 1 saturated heterocycles. The number of rotatable bonds is 7. The molecule has 2 aliphatic heterocycles. The lowest BCUT2D eigenvalue weighted by atomic mass is 9.99. The van der Waals surface area contributed by atoms with Gasteiger partial charge in [-0.2, -0.15) is 0 Å². The number of benzene rings is 2. The number of anilines is 1. The summed E-state index contributed by atoms with van der Waals surface area (Å²) in [4.78, 5) is 37.6. The Morgan fingerprint density at radius 1 is 1.21 bits per heavy atom. The van der Waals surface area contributed by atoms with Gasteiger partial charge in [0.05, 0.1) is 10.5 Å². The molecular weight excluding hydrogens is 430 g/mol. The topological polar surface area (TPSA) is 120 Å². The van der Waals surface area contributed by atoms with Crippen LogP contribution in [-0.2, 0) is 16.1 Å². The molecule has 0 saturated carbocycles. The first kappa shape index (κ1) is 22.4. The van der Waals surface area contributed by atoms with Crippen molar-refractivity contribution in [2.45, 2.75) is 26.3 Å². The van der Waals surface area contributed by atoms with Gasteiger partial charge in [-0.05, 0) is 48.6 Å². The molecule has 1 N–H and O–H groups in total. The van der Waals surface area contributed by atoms with Gasteiger partial charge in [0.2, 0.25) is 6.79 Å². The van der Waals surface area contributed by atoms with Crippen LogP contribution in [0.2, 0.25) is 0 Å². The van der Waals surface area contributed by atoms with Gasteiger partial charge in [-0.25, -0.2) is 4.79 Å². The normalized spacial score (nSPS) is 16.9. The number of carbonyl (C=O) groups excluding carboxylic acids is 2. The van der Waals surface area contributed by atoms with Gasteiger partial charge in [0.15, 0.2) is 18.1 Å². The van der Waals surface area contributed by atoms with E-state index in [-0.39, 0.29) is 24.6 Å². The zero-order chi connectivity index (χ0) is 23.4. The standard InChI is InChI=1S/C23H25N3O7/c1-15-3-2-8-25(12-15)18-6-5-17(10-19(18)26(29)30)23(28)31-13-22(27)24-11-16-4-7-20-21(9-16)33-14-32-20/h4-7,9-10,15H,2-3,8,11-14H2,1H3,(H,24,27). The van der Waals surface area contributed by atoms with Crippen LogP contribution in [0, 0.1) is 16.0 Å². The number of hydrogen-bond donors (Lipinski definition) is 1. The zero-order valence-corrected chi connectivity index (χ0v) is 18.2. The summed E-state index contributed by atoms with van der Waals surface area (Å²) < 4.78 is 15.6. The van der Waals surface area contributed by atoms with Crippen molar-refractivity contribution < 1.29 is 28.7 Å². The first-order valence-corrected chi connectivity index (χ1v) is 10.8. The predicted molar refractivity (Wildman–Crippen MR) is 118 cm³/mol. The van der Waals surface area contributed by atoms with Crippen LogP contribution < -0.4 is 19.7 Å². The van der Waals surface area contributed by atoms with Gasteiger partial charge in [-0.1, -0.05) is 13.0 Å². The average molecular weight is 455 g/mol. The monoisotopic (exact) mass is 455 g/mol. The number of nitro groups is 1. The molecule has 10 nitrogen and oxygen atoms in total. The van der Waals surface area contributed by atoms with E-state index in [2.05, 4.69) is 12.2 Å². The molecule has 0 bridgehead atoms. The highest BCUT2D eigenvalue weighted by Crippen LogP contribution is 2.33. The maximum Gasteiger partial charge on any atom is 0.338 e. The third-order valence-electron chi connectivity index (χ3n) is 5.67. The van der Waals surface area contributed by atoms with Crippen molar-refractivity contribution >= 4 is 23.3 Å². The van der Waals surface area contributed by atoms with E-state index < -0.39 is 23.4 Å². The largest absolute Gasteiger partial charge is 0.454 e. The van der Waals surface area contributed by atoms with E-state index in [9.17, 15) is 19.7 Å². The van der Waals surface area contributed by atoms with Crippen LogP contribution in [0.3, 0.4) is 0 Å². The van der Waals surface area contributed by atoms with Gasteiger partial charge in [-0.15, -0.1) is 0 Å². The van der Waals surface area contributed by atoms with E-state index in [0.29, 0.717) is 23.1 Å². The molecule has 1 atom stereocenters. The lowest BCUT2D eigenvalue weighted by Crippen LogP contribution is -2.34. The summed E-state index contributed by atoms with van der Waals surface area (Å²) in [6.07, 6.45) is 2.05. The molecule has 0 aromatic heterocycles. The Labute approximate surface area is 190 Å². The highest BCUT2D eigenvalue weighted by molar-refractivity contribution is 5.93. The Kier molecular flexibility index (Phi) is 6.62. The molecule has 2 aromatic rings. The number of hydrogen-bond acceptors (Lipinski definition) is 8. The van der Waals surface area contributed by atoms with Crippen LogP contribution in [0.4, 0.5) is 11.4 Å². The second kappa shape index (κ2) is 9.76. The zero-order valence-electron chi connectivity index (χ0n) is 18.2. The van der Waals surface area contributed by atoms with Crippen molar-refractivity contribution in [3.63, 3.8) is 0 Å². The molecule has 4 rings (SSSR count). The summed E-state index contributed by atoms with van der Waals surface area (Å²) in [5, 5.41) is 14.3. The quantitative estimate of drug-likeness (QED) is 0.384. The van der Waals surface area contributed by atoms with Crippen LogP contribution in [-0.4, -0.2) is 43.3 Å². The average Bonchev–Trinajstić information content (AvgIpc) is 3.28. The second-order valence-corrected chi connectivity index (χ2v) is 8.19. The minimum absolute atomic E-state index is 0.0269. The van der Waals surface area contributed by atoms with Crippen LogP contribution in [0.1, 0.15) is 35.7 Å². The fraction of sp³-hybridized carbons (Fsp3) is 0.391. The number of nitrogens with one attached hydrogen (secondary N) is 1. The number of esters is 1. The highest BCUT2D eigenvalue weighted by Gasteiger charge is 2.25. The Morgan fingerprint density at radius 2 is 2.03 bits per heavy atom. The lowest BCUT2D eigenvalue weighted by molar-refractivity contribution is -0.384. The van der Waals surface area contributed by atoms with E-state index in [1.165, 1.54) is 12.1 Å². The summed E-state index contributed by atoms with van der Waals surface area (Å²) >= 11 is 0. The molecule has 0 radical (unpaired) electrons. The number of ether oxygens (including phenoxy) is 3. The third kappa shape index (κ3) is 5.33. The van der Waals surface area contributed by atoms with Crippen molar-refractivity contribution in [1.82, 2.24) is 5.32 Å². The first-order chi connectivity index (χ1) is 15.9. The maximum absolute atomic E-state index is 12.4. The molecule has 0 aliphatic carbocycles. The van der Waals surface area contributed by atoms with Crippen molar-refractivity contribution in [2.75, 3.05) is 31.4 Å². The first-order valence-electron chi connectivity index (χ1n) is 10.8. The summed E-state index contributed by atoms with van der Waals surface area (Å²) in [6, 6.07) is 9.59. The Hall–Kier alpha value is -3.82. The molecule has 0 spiro atoms. The molecule has 1 unspecified atom stereocenters. The fourth-order valence-corrected chi connectivity index (χ4v) is 3.99. The van der Waals surface area contributed by atoms with Gasteiger partial charge in [0.25, 0.3) is 11.6 Å². The van der Waals surface area contributed by atoms with Crippen LogP contribution in [0.5, 0.6) is 11.5 Å². The molecule has 1 fully saturated rings. The maximum atomic E-state index is 12.4. The minimum Gasteiger partial charge on any atom is -0.454 e. The number of nitro benzene ring substituents is 1. The van der Waals surface area contributed by atoms with E-state index in [0.717, 1.165) is 31.5 Å². The molecular formula is C23H25N3O7. The number of amides is 1. The summed E-state index contributed by atoms with van der Waals surface area (Å²) in [6.45, 7) is 3.47. The van der Waals surface area contributed by atoms with Gasteiger partial charge < -0.3 is 24.4 Å². The van der Waals surface area contributed by atoms with Crippen molar-refractivity contribution in [1.29, 1.82) is 0 Å². The van der Waals surface area contributed by atoms with Crippen molar-refractivity contribution in [3.05, 3.63) is 57.6 Å². The number of carbonyl (C=O) groups is 2. The van der Waals surface area contributed by atoms with Gasteiger partial charge in [0.1, 0.15) is 5.69 Å². The second-order valence-electron chi connectivity index (χ2n) is 8.19. The minimum atomic E-state index is -0.796. The fourth-order valence-electron chi connectivity index (χ4n) is 3.99. The molecule has 2 aromatic carbocycles. The molecule has 33 heavy (non-hydrogen) atoms. The predicted octanol–water partition coefficient (Wildman–Crippen LogP) is 3.03. The molecule has 10 heteroatoms. The van der Waals surface area contributed by atoms with Crippen LogP contribution >= 0.6 is 0 Å². The van der Waals surface area contributed by atoms with Crippen molar-refractivity contribution in [2.24, 2.45) is 5.92 Å². The van der Waals surface area contributed by atoms with E-state index in [1.54, 1.807) is 24.3 Å². The number of piperidine rings is 1. The third-order valence-corrected chi connectivity index (χ3v) is 5.67. The number of fused-ring (bicyclic) bond motifs is 1. The molecule has 2 aliphatic rings. The highest BCUT2D eigenvalue weighted by atomic mass is 16.7. The summed E-state index contributed by atoms with van der Waals surface area (Å²) in [5.41, 5.74) is 1.17. The van der Waals surface area contributed by atoms with Crippen LogP contribution in [0.15, 0.2) is 36.4 Å². The Balaban J connectivity index is 1.33. The van der Waals surface area contributed by atoms with E-state index in [1.807, 2.05) is 4.90 Å². The SMILES string of the molecule is CC1CCCN(c2ccc(C(=O)OCC(=O)NCc3ccc4c(c3)OCO4)cc2[N+](=O)[O-])C1. The van der Waals surface area contributed by atoms with Crippen molar-refractivity contribution in [3.8, 4) is 11.5 Å². The van der Waals surface area contributed by atoms with Crippen LogP contribution in [0.25, 0.3) is 0 Å². The van der Waals surface area contributed by atoms with E-state index in [4.69, 9.17) is 14.2 Å². The lowest BCUT2D eigenvalue weighted by Gasteiger charge is -2.32. The number of nitrogens with zero attached hydrogens (tertiary/aromatic N) is 2. The Morgan fingerprint density at radius 3 is 2.82 bits per heavy atom. The smallest absolute Gasteiger partial charge is 0.338 e. The summed E-state index contributed by atoms with van der Waals surface area (Å²) in [5.74, 6) is 0.412.